The van der Waals surface area contributed by atoms with Gasteiger partial charge in [0.1, 0.15) is 0 Å². The molecule has 3 nitrogen and oxygen atoms in total. The van der Waals surface area contributed by atoms with Gasteiger partial charge in [0.15, 0.2) is 0 Å². The number of rotatable bonds is 6. The Labute approximate surface area is 135 Å². The average molecular weight is 330 g/mol. The van der Waals surface area contributed by atoms with Crippen LogP contribution in [0.25, 0.3) is 0 Å². The zero-order valence-corrected chi connectivity index (χ0v) is 13.4. The number of β-amino-alcohol motifs (C(OH)–C–C–N with tert-alkyl or cyclic N) is 1. The Morgan fingerprint density at radius 2 is 1.91 bits per heavy atom. The van der Waals surface area contributed by atoms with Crippen molar-refractivity contribution in [1.29, 1.82) is 0 Å². The van der Waals surface area contributed by atoms with Crippen LogP contribution >= 0.6 is 0 Å². The molecule has 1 aromatic rings. The molecule has 6 heteroatoms. The first-order chi connectivity index (χ1) is 10.9. The van der Waals surface area contributed by atoms with Crippen molar-refractivity contribution in [3.05, 3.63) is 35.4 Å². The number of aliphatic hydroxyl groups excluding tert-OH is 1. The zero-order valence-electron chi connectivity index (χ0n) is 13.4. The van der Waals surface area contributed by atoms with E-state index in [1.165, 1.54) is 12.1 Å². The van der Waals surface area contributed by atoms with E-state index in [1.54, 1.807) is 13.0 Å². The van der Waals surface area contributed by atoms with Gasteiger partial charge in [-0.3, -0.25) is 0 Å². The first-order valence-electron chi connectivity index (χ1n) is 8.12. The second-order valence-corrected chi connectivity index (χ2v) is 6.38. The highest BCUT2D eigenvalue weighted by atomic mass is 19.4. The molecule has 0 aromatic heterocycles. The molecule has 1 aliphatic rings. The van der Waals surface area contributed by atoms with E-state index < -0.39 is 11.7 Å². The summed E-state index contributed by atoms with van der Waals surface area (Å²) in [6.45, 7) is 5.33. The summed E-state index contributed by atoms with van der Waals surface area (Å²) in [7, 11) is 0. The van der Waals surface area contributed by atoms with E-state index in [9.17, 15) is 18.3 Å². The van der Waals surface area contributed by atoms with Gasteiger partial charge < -0.3 is 15.3 Å². The van der Waals surface area contributed by atoms with Crippen LogP contribution in [0.1, 0.15) is 30.9 Å². The number of likely N-dealkylation sites (tertiary alicyclic amines) is 1. The first kappa shape index (κ1) is 18.2. The number of benzene rings is 1. The first-order valence-corrected chi connectivity index (χ1v) is 8.12. The summed E-state index contributed by atoms with van der Waals surface area (Å²) in [6.07, 6.45) is -2.59. The van der Waals surface area contributed by atoms with E-state index in [4.69, 9.17) is 0 Å². The van der Waals surface area contributed by atoms with Gasteiger partial charge in [0.05, 0.1) is 11.7 Å². The average Bonchev–Trinajstić information content (AvgIpc) is 2.48. The predicted molar refractivity (Wildman–Crippen MR) is 84.0 cm³/mol. The van der Waals surface area contributed by atoms with Gasteiger partial charge in [-0.05, 0) is 56.9 Å². The molecule has 0 spiro atoms. The molecule has 0 aliphatic carbocycles. The van der Waals surface area contributed by atoms with Crippen molar-refractivity contribution >= 4 is 0 Å². The maximum Gasteiger partial charge on any atom is 0.416 e. The molecule has 1 saturated heterocycles. The Morgan fingerprint density at radius 3 is 2.52 bits per heavy atom. The van der Waals surface area contributed by atoms with Gasteiger partial charge in [-0.25, -0.2) is 0 Å². The van der Waals surface area contributed by atoms with Gasteiger partial charge in [0, 0.05) is 13.1 Å². The van der Waals surface area contributed by atoms with Crippen molar-refractivity contribution in [1.82, 2.24) is 10.2 Å². The van der Waals surface area contributed by atoms with Crippen molar-refractivity contribution in [2.24, 2.45) is 5.92 Å². The van der Waals surface area contributed by atoms with Gasteiger partial charge in [-0.15, -0.1) is 0 Å². The summed E-state index contributed by atoms with van der Waals surface area (Å²) < 4.78 is 38.8. The third kappa shape index (κ3) is 5.79. The largest absolute Gasteiger partial charge is 0.416 e. The third-order valence-electron chi connectivity index (χ3n) is 4.30. The summed E-state index contributed by atoms with van der Waals surface area (Å²) in [5.74, 6) is 0.485. The third-order valence-corrected chi connectivity index (χ3v) is 4.30. The minimum absolute atomic E-state index is 0.240. The van der Waals surface area contributed by atoms with E-state index in [2.05, 4.69) is 10.2 Å². The second kappa shape index (κ2) is 8.13. The highest BCUT2D eigenvalue weighted by molar-refractivity contribution is 5.29. The standard InChI is InChI=1S/C17H25F3N2O/c1-13(23)12-22-8-6-14(7-9-22)10-21-11-15-4-2-3-5-16(15)17(18,19)20/h2-5,13-14,21,23H,6-12H2,1H3/t13-/m1/s1. The topological polar surface area (TPSA) is 35.5 Å². The maximum atomic E-state index is 12.9. The summed E-state index contributed by atoms with van der Waals surface area (Å²) in [5.41, 5.74) is -0.259. The van der Waals surface area contributed by atoms with Gasteiger partial charge >= 0.3 is 6.18 Å². The van der Waals surface area contributed by atoms with E-state index >= 15 is 0 Å². The molecule has 0 bridgehead atoms. The SMILES string of the molecule is C[C@@H](O)CN1CCC(CNCc2ccccc2C(F)(F)F)CC1. The number of nitrogens with zero attached hydrogens (tertiary/aromatic N) is 1. The molecule has 0 saturated carbocycles. The molecule has 23 heavy (non-hydrogen) atoms. The lowest BCUT2D eigenvalue weighted by Gasteiger charge is -2.32. The Bertz CT molecular complexity index is 483. The number of hydrogen-bond donors (Lipinski definition) is 2. The van der Waals surface area contributed by atoms with Crippen molar-refractivity contribution in [3.63, 3.8) is 0 Å². The smallest absolute Gasteiger partial charge is 0.392 e. The number of nitrogens with one attached hydrogen (secondary N) is 1. The van der Waals surface area contributed by atoms with Gasteiger partial charge in [-0.1, -0.05) is 18.2 Å². The van der Waals surface area contributed by atoms with Crippen molar-refractivity contribution < 1.29 is 18.3 Å². The molecule has 1 heterocycles. The molecule has 130 valence electrons. The molecule has 2 rings (SSSR count). The summed E-state index contributed by atoms with van der Waals surface area (Å²) >= 11 is 0. The van der Waals surface area contributed by atoms with Crippen molar-refractivity contribution in [2.75, 3.05) is 26.2 Å². The van der Waals surface area contributed by atoms with Crippen LogP contribution in [0.4, 0.5) is 13.2 Å². The Kier molecular flexibility index (Phi) is 6.44. The van der Waals surface area contributed by atoms with Crippen LogP contribution in [0.2, 0.25) is 0 Å². The molecule has 0 amide bonds. The van der Waals surface area contributed by atoms with Crippen LogP contribution in [0, 0.1) is 5.92 Å². The fraction of sp³-hybridized carbons (Fsp3) is 0.647. The minimum Gasteiger partial charge on any atom is -0.392 e. The van der Waals surface area contributed by atoms with Crippen molar-refractivity contribution in [3.8, 4) is 0 Å². The zero-order chi connectivity index (χ0) is 16.9. The maximum absolute atomic E-state index is 12.9. The predicted octanol–water partition coefficient (Wildman–Crippen LogP) is 2.89. The Morgan fingerprint density at radius 1 is 1.26 bits per heavy atom. The molecular weight excluding hydrogens is 305 g/mol. The molecule has 1 aliphatic heterocycles. The molecule has 1 fully saturated rings. The highest BCUT2D eigenvalue weighted by Gasteiger charge is 2.32. The van der Waals surface area contributed by atoms with Crippen LogP contribution in [-0.2, 0) is 12.7 Å². The molecule has 1 atom stereocenters. The monoisotopic (exact) mass is 330 g/mol. The molecule has 1 aromatic carbocycles. The summed E-state index contributed by atoms with van der Waals surface area (Å²) in [6, 6.07) is 5.72. The van der Waals surface area contributed by atoms with Crippen LogP contribution in [0.5, 0.6) is 0 Å². The summed E-state index contributed by atoms with van der Waals surface area (Å²) in [4.78, 5) is 2.24. The molecule has 0 radical (unpaired) electrons. The lowest BCUT2D eigenvalue weighted by Crippen LogP contribution is -2.40. The van der Waals surface area contributed by atoms with Crippen molar-refractivity contribution in [2.45, 2.75) is 38.6 Å². The Hall–Kier alpha value is -1.11. The number of alkyl halides is 3. The second-order valence-electron chi connectivity index (χ2n) is 6.38. The van der Waals surface area contributed by atoms with E-state index in [1.807, 2.05) is 0 Å². The van der Waals surface area contributed by atoms with Gasteiger partial charge in [0.2, 0.25) is 0 Å². The molecule has 2 N–H and O–H groups in total. The van der Waals surface area contributed by atoms with Crippen LogP contribution in [0.3, 0.4) is 0 Å². The van der Waals surface area contributed by atoms with Gasteiger partial charge in [-0.2, -0.15) is 13.2 Å². The fourth-order valence-electron chi connectivity index (χ4n) is 3.11. The molecule has 0 unspecified atom stereocenters. The summed E-state index contributed by atoms with van der Waals surface area (Å²) in [5, 5.41) is 12.6. The van der Waals surface area contributed by atoms with Gasteiger partial charge in [0.25, 0.3) is 0 Å². The van der Waals surface area contributed by atoms with Crippen LogP contribution < -0.4 is 5.32 Å². The fourth-order valence-corrected chi connectivity index (χ4v) is 3.11. The van der Waals surface area contributed by atoms with E-state index in [-0.39, 0.29) is 12.6 Å². The lowest BCUT2D eigenvalue weighted by molar-refractivity contribution is -0.138. The van der Waals surface area contributed by atoms with Crippen LogP contribution in [0.15, 0.2) is 24.3 Å². The lowest BCUT2D eigenvalue weighted by atomic mass is 9.96. The quantitative estimate of drug-likeness (QED) is 0.842. The minimum atomic E-state index is -4.30. The van der Waals surface area contributed by atoms with E-state index in [0.717, 1.165) is 38.5 Å². The molecular formula is C17H25F3N2O. The number of halogens is 3. The number of hydrogen-bond acceptors (Lipinski definition) is 3. The number of piperidine rings is 1. The Balaban J connectivity index is 1.77. The highest BCUT2D eigenvalue weighted by Crippen LogP contribution is 2.31. The normalized spacial score (nSPS) is 19.0. The van der Waals surface area contributed by atoms with Crippen LogP contribution in [-0.4, -0.2) is 42.3 Å². The van der Waals surface area contributed by atoms with E-state index in [0.29, 0.717) is 18.0 Å². The number of aliphatic hydroxyl groups is 1.